The SMILES string of the molecule is COCCNc1cc(-c2n[nH]c3ccc(C4=C[N+](C)=C4)cc23)ncn1. The molecule has 25 heavy (non-hydrogen) atoms. The summed E-state index contributed by atoms with van der Waals surface area (Å²) in [7, 11) is 3.69. The summed E-state index contributed by atoms with van der Waals surface area (Å²) in [5.41, 5.74) is 4.96. The Kier molecular flexibility index (Phi) is 3.99. The lowest BCUT2D eigenvalue weighted by Crippen LogP contribution is -2.10. The molecule has 0 unspecified atom stereocenters. The summed E-state index contributed by atoms with van der Waals surface area (Å²) in [5.74, 6) is 0.756. The smallest absolute Gasteiger partial charge is 0.182 e. The Balaban J connectivity index is 1.68. The molecule has 0 saturated carbocycles. The van der Waals surface area contributed by atoms with Crippen LogP contribution >= 0.6 is 0 Å². The minimum Gasteiger partial charge on any atom is -0.383 e. The average molecular weight is 335 g/mol. The van der Waals surface area contributed by atoms with Gasteiger partial charge in [-0.3, -0.25) is 5.10 Å². The van der Waals surface area contributed by atoms with Crippen molar-refractivity contribution in [1.29, 1.82) is 0 Å². The second kappa shape index (κ2) is 6.45. The van der Waals surface area contributed by atoms with Gasteiger partial charge in [0.25, 0.3) is 0 Å². The lowest BCUT2D eigenvalue weighted by molar-refractivity contribution is -0.423. The summed E-state index contributed by atoms with van der Waals surface area (Å²) in [6.07, 6.45) is 5.75. The van der Waals surface area contributed by atoms with Crippen LogP contribution in [0.4, 0.5) is 5.82 Å². The molecule has 1 aliphatic rings. The van der Waals surface area contributed by atoms with E-state index >= 15 is 0 Å². The quantitative estimate of drug-likeness (QED) is 0.533. The first kappa shape index (κ1) is 15.5. The Hall–Kier alpha value is -3.06. The van der Waals surface area contributed by atoms with Crippen LogP contribution in [0.1, 0.15) is 5.56 Å². The van der Waals surface area contributed by atoms with E-state index in [1.807, 2.05) is 23.8 Å². The predicted molar refractivity (Wildman–Crippen MR) is 97.7 cm³/mol. The predicted octanol–water partition coefficient (Wildman–Crippen LogP) is 2.15. The monoisotopic (exact) mass is 335 g/mol. The molecule has 0 radical (unpaired) electrons. The molecular weight excluding hydrogens is 316 g/mol. The van der Waals surface area contributed by atoms with Crippen LogP contribution in [-0.2, 0) is 4.74 Å². The normalized spacial score (nSPS) is 13.4. The number of nitrogens with zero attached hydrogens (tertiary/aromatic N) is 4. The van der Waals surface area contributed by atoms with Crippen molar-refractivity contribution in [3.63, 3.8) is 0 Å². The van der Waals surface area contributed by atoms with Crippen LogP contribution in [0.15, 0.2) is 36.8 Å². The van der Waals surface area contributed by atoms with Crippen LogP contribution in [0.25, 0.3) is 27.9 Å². The van der Waals surface area contributed by atoms with Crippen LogP contribution < -0.4 is 5.32 Å². The van der Waals surface area contributed by atoms with Gasteiger partial charge in [0.1, 0.15) is 30.5 Å². The van der Waals surface area contributed by atoms with Crippen molar-refractivity contribution < 1.29 is 9.31 Å². The van der Waals surface area contributed by atoms with E-state index in [0.29, 0.717) is 13.2 Å². The minimum absolute atomic E-state index is 0.619. The number of aromatic nitrogens is 4. The van der Waals surface area contributed by atoms with Gasteiger partial charge in [-0.05, 0) is 17.7 Å². The van der Waals surface area contributed by atoms with E-state index < -0.39 is 0 Å². The first-order chi connectivity index (χ1) is 12.2. The van der Waals surface area contributed by atoms with E-state index in [4.69, 9.17) is 4.74 Å². The van der Waals surface area contributed by atoms with Crippen molar-refractivity contribution in [3.05, 3.63) is 42.4 Å². The van der Waals surface area contributed by atoms with Crippen LogP contribution in [0.5, 0.6) is 0 Å². The van der Waals surface area contributed by atoms with Gasteiger partial charge in [0.2, 0.25) is 0 Å². The lowest BCUT2D eigenvalue weighted by atomic mass is 10.0. The van der Waals surface area contributed by atoms with Gasteiger partial charge in [0.15, 0.2) is 12.4 Å². The van der Waals surface area contributed by atoms with Crippen LogP contribution in [0.3, 0.4) is 0 Å². The molecule has 3 heterocycles. The van der Waals surface area contributed by atoms with Gasteiger partial charge in [-0.15, -0.1) is 0 Å². The molecule has 0 aliphatic carbocycles. The van der Waals surface area contributed by atoms with Gasteiger partial charge in [0, 0.05) is 25.1 Å². The highest BCUT2D eigenvalue weighted by atomic mass is 16.5. The average Bonchev–Trinajstić information content (AvgIpc) is 3.03. The fourth-order valence-electron chi connectivity index (χ4n) is 2.83. The number of benzene rings is 1. The number of fused-ring (bicyclic) bond motifs is 1. The molecule has 2 aromatic heterocycles. The maximum Gasteiger partial charge on any atom is 0.182 e. The van der Waals surface area contributed by atoms with E-state index in [9.17, 15) is 0 Å². The maximum absolute atomic E-state index is 5.05. The van der Waals surface area contributed by atoms with Crippen LogP contribution in [-0.4, -0.2) is 58.3 Å². The molecule has 0 saturated heterocycles. The number of ether oxygens (including phenoxy) is 1. The molecule has 0 atom stereocenters. The standard InChI is InChI=1S/C18H19N6O/c1-24-9-13(10-24)12-3-4-15-14(7-12)18(23-22-15)16-8-17(21-11-20-16)19-5-6-25-2/h3-4,7-11H,5-6H2,1-2H3,(H,22,23)(H,19,20,21)/q+1. The summed E-state index contributed by atoms with van der Waals surface area (Å²) in [6, 6.07) is 8.19. The van der Waals surface area contributed by atoms with Gasteiger partial charge >= 0.3 is 0 Å². The van der Waals surface area contributed by atoms with Crippen molar-refractivity contribution >= 4 is 28.5 Å². The molecule has 126 valence electrons. The zero-order chi connectivity index (χ0) is 17.2. The fourth-order valence-corrected chi connectivity index (χ4v) is 2.83. The van der Waals surface area contributed by atoms with E-state index in [2.05, 4.69) is 50.0 Å². The number of methoxy groups -OCH3 is 1. The molecule has 2 N–H and O–H groups in total. The summed E-state index contributed by atoms with van der Waals surface area (Å²) in [5, 5.41) is 11.8. The molecule has 7 nitrogen and oxygen atoms in total. The van der Waals surface area contributed by atoms with Crippen molar-refractivity contribution in [2.24, 2.45) is 0 Å². The third kappa shape index (κ3) is 3.01. The zero-order valence-electron chi connectivity index (χ0n) is 14.2. The molecule has 3 aromatic rings. The largest absolute Gasteiger partial charge is 0.383 e. The van der Waals surface area contributed by atoms with E-state index in [0.717, 1.165) is 28.1 Å². The zero-order valence-corrected chi connectivity index (χ0v) is 14.2. The molecule has 0 fully saturated rings. The van der Waals surface area contributed by atoms with E-state index in [1.165, 1.54) is 11.1 Å². The molecular formula is C18H19N6O+. The summed E-state index contributed by atoms with van der Waals surface area (Å²) < 4.78 is 7.09. The number of allylic oxidation sites excluding steroid dienone is 1. The third-order valence-corrected chi connectivity index (χ3v) is 4.10. The first-order valence-electron chi connectivity index (χ1n) is 8.07. The van der Waals surface area contributed by atoms with Gasteiger partial charge in [-0.1, -0.05) is 6.07 Å². The van der Waals surface area contributed by atoms with Gasteiger partial charge < -0.3 is 10.1 Å². The van der Waals surface area contributed by atoms with Gasteiger partial charge in [-0.2, -0.15) is 5.10 Å². The number of hydrogen-bond acceptors (Lipinski definition) is 5. The highest BCUT2D eigenvalue weighted by Crippen LogP contribution is 2.29. The fraction of sp³-hybridized carbons (Fsp3) is 0.222. The number of aromatic amines is 1. The number of nitrogens with one attached hydrogen (secondary N) is 2. The van der Waals surface area contributed by atoms with Crippen LogP contribution in [0, 0.1) is 0 Å². The Labute approximate surface area is 145 Å². The molecule has 4 rings (SSSR count). The van der Waals surface area contributed by atoms with Crippen molar-refractivity contribution in [2.75, 3.05) is 32.6 Å². The number of H-pyrrole nitrogens is 1. The Morgan fingerprint density at radius 3 is 2.92 bits per heavy atom. The van der Waals surface area contributed by atoms with E-state index in [1.54, 1.807) is 13.4 Å². The molecule has 0 spiro atoms. The number of rotatable bonds is 6. The first-order valence-corrected chi connectivity index (χ1v) is 8.07. The summed E-state index contributed by atoms with van der Waals surface area (Å²) in [6.45, 7) is 1.31. The van der Waals surface area contributed by atoms with Crippen molar-refractivity contribution in [2.45, 2.75) is 0 Å². The van der Waals surface area contributed by atoms with Gasteiger partial charge in [-0.25, -0.2) is 14.5 Å². The lowest BCUT2D eigenvalue weighted by Gasteiger charge is -2.07. The topological polar surface area (TPSA) is 78.7 Å². The molecule has 0 amide bonds. The third-order valence-electron chi connectivity index (χ3n) is 4.10. The maximum atomic E-state index is 5.05. The highest BCUT2D eigenvalue weighted by molar-refractivity contribution is 6.11. The van der Waals surface area contributed by atoms with E-state index in [-0.39, 0.29) is 0 Å². The molecule has 0 bridgehead atoms. The van der Waals surface area contributed by atoms with Crippen LogP contribution in [0.2, 0.25) is 0 Å². The second-order valence-corrected chi connectivity index (χ2v) is 5.92. The van der Waals surface area contributed by atoms with Crippen molar-refractivity contribution in [3.8, 4) is 11.4 Å². The molecule has 7 heteroatoms. The van der Waals surface area contributed by atoms with Gasteiger partial charge in [0.05, 0.1) is 17.8 Å². The van der Waals surface area contributed by atoms with Crippen molar-refractivity contribution in [1.82, 2.24) is 20.2 Å². The highest BCUT2D eigenvalue weighted by Gasteiger charge is 2.17. The molecule has 1 aromatic carbocycles. The minimum atomic E-state index is 0.619. The summed E-state index contributed by atoms with van der Waals surface area (Å²) in [4.78, 5) is 8.63. The Morgan fingerprint density at radius 1 is 1.24 bits per heavy atom. The molecule has 1 aliphatic heterocycles. The number of hydrogen-bond donors (Lipinski definition) is 2. The Morgan fingerprint density at radius 2 is 2.12 bits per heavy atom. The Bertz CT molecular complexity index is 988. The second-order valence-electron chi connectivity index (χ2n) is 5.92. The summed E-state index contributed by atoms with van der Waals surface area (Å²) >= 11 is 0. The number of anilines is 1.